The van der Waals surface area contributed by atoms with E-state index in [0.717, 1.165) is 25.7 Å². The number of aromatic carboxylic acids is 1. The number of nitrogens with one attached hydrogen (secondary N) is 1. The molecule has 2 aromatic heterocycles. The van der Waals surface area contributed by atoms with Crippen molar-refractivity contribution in [2.24, 2.45) is 0 Å². The summed E-state index contributed by atoms with van der Waals surface area (Å²) in [7, 11) is 0. The first-order valence-corrected chi connectivity index (χ1v) is 9.68. The molecule has 1 aromatic carbocycles. The number of furan rings is 1. The Bertz CT molecular complexity index is 1130. The average molecular weight is 428 g/mol. The van der Waals surface area contributed by atoms with Crippen molar-refractivity contribution < 1.29 is 33.8 Å². The van der Waals surface area contributed by atoms with Crippen LogP contribution in [0.3, 0.4) is 0 Å². The Kier molecular flexibility index (Phi) is 5.58. The molecule has 11 nitrogen and oxygen atoms in total. The molecule has 1 aliphatic rings. The van der Waals surface area contributed by atoms with Crippen molar-refractivity contribution in [1.29, 1.82) is 0 Å². The van der Waals surface area contributed by atoms with Crippen LogP contribution in [0.1, 0.15) is 33.8 Å². The number of carbonyl (C=O) groups is 3. The summed E-state index contributed by atoms with van der Waals surface area (Å²) < 4.78 is 11.4. The third kappa shape index (κ3) is 4.36. The Hall–Kier alpha value is -3.86. The molecule has 0 unspecified atom stereocenters. The van der Waals surface area contributed by atoms with Crippen LogP contribution in [0.25, 0.3) is 11.1 Å². The van der Waals surface area contributed by atoms with Gasteiger partial charge in [-0.25, -0.2) is 9.59 Å². The third-order valence-electron chi connectivity index (χ3n) is 4.97. The lowest BCUT2D eigenvalue weighted by atomic mass is 10.2. The molecular formula is C20H20N4O7. The summed E-state index contributed by atoms with van der Waals surface area (Å²) in [4.78, 5) is 37.4. The minimum Gasteiger partial charge on any atom is -0.492 e. The molecule has 0 saturated carbocycles. The Labute approximate surface area is 175 Å². The first kappa shape index (κ1) is 20.4. The van der Waals surface area contributed by atoms with E-state index in [1.165, 1.54) is 12.8 Å². The lowest BCUT2D eigenvalue weighted by Crippen LogP contribution is -2.25. The molecule has 11 heteroatoms. The van der Waals surface area contributed by atoms with Gasteiger partial charge in [-0.15, -0.1) is 5.10 Å². The van der Waals surface area contributed by atoms with Gasteiger partial charge in [-0.2, -0.15) is 4.68 Å². The van der Waals surface area contributed by atoms with Gasteiger partial charge < -0.3 is 24.7 Å². The summed E-state index contributed by atoms with van der Waals surface area (Å²) in [5.41, 5.74) is 0.0619. The van der Waals surface area contributed by atoms with Crippen molar-refractivity contribution in [1.82, 2.24) is 14.7 Å². The highest BCUT2D eigenvalue weighted by Crippen LogP contribution is 2.27. The minimum atomic E-state index is -1.45. The number of carbonyl (C=O) groups excluding carboxylic acids is 1. The third-order valence-corrected chi connectivity index (χ3v) is 4.97. The van der Waals surface area contributed by atoms with Gasteiger partial charge in [0.25, 0.3) is 5.91 Å². The van der Waals surface area contributed by atoms with Crippen molar-refractivity contribution in [3.63, 3.8) is 0 Å². The number of benzene rings is 1. The highest BCUT2D eigenvalue weighted by atomic mass is 16.5. The van der Waals surface area contributed by atoms with Gasteiger partial charge >= 0.3 is 12.1 Å². The van der Waals surface area contributed by atoms with Crippen molar-refractivity contribution in [2.75, 3.05) is 31.6 Å². The lowest BCUT2D eigenvalue weighted by molar-refractivity contribution is 0.0664. The van der Waals surface area contributed by atoms with Crippen molar-refractivity contribution in [3.8, 4) is 5.75 Å². The maximum atomic E-state index is 12.6. The van der Waals surface area contributed by atoms with E-state index in [4.69, 9.17) is 14.3 Å². The predicted molar refractivity (Wildman–Crippen MR) is 108 cm³/mol. The number of anilines is 1. The van der Waals surface area contributed by atoms with Crippen LogP contribution < -0.4 is 10.1 Å². The van der Waals surface area contributed by atoms with E-state index in [0.29, 0.717) is 17.0 Å². The van der Waals surface area contributed by atoms with Gasteiger partial charge in [0.2, 0.25) is 5.76 Å². The number of rotatable bonds is 7. The van der Waals surface area contributed by atoms with E-state index in [-0.39, 0.29) is 22.5 Å². The number of ether oxygens (including phenoxy) is 1. The lowest BCUT2D eigenvalue weighted by Gasteiger charge is -2.15. The number of likely N-dealkylation sites (tertiary alicyclic amines) is 1. The molecule has 1 amide bonds. The maximum Gasteiger partial charge on any atom is 0.432 e. The quantitative estimate of drug-likeness (QED) is 0.516. The molecule has 1 saturated heterocycles. The van der Waals surface area contributed by atoms with E-state index in [2.05, 4.69) is 15.3 Å². The van der Waals surface area contributed by atoms with Crippen LogP contribution in [0.4, 0.5) is 10.6 Å². The van der Waals surface area contributed by atoms with Crippen molar-refractivity contribution >= 4 is 34.9 Å². The van der Waals surface area contributed by atoms with Gasteiger partial charge in [-0.1, -0.05) is 0 Å². The van der Waals surface area contributed by atoms with Gasteiger partial charge in [-0.05, 0) is 50.2 Å². The molecule has 0 bridgehead atoms. The molecular weight excluding hydrogens is 408 g/mol. The van der Waals surface area contributed by atoms with E-state index in [1.54, 1.807) is 24.3 Å². The Morgan fingerprint density at radius 1 is 1.13 bits per heavy atom. The van der Waals surface area contributed by atoms with Gasteiger partial charge in [0, 0.05) is 18.2 Å². The van der Waals surface area contributed by atoms with Gasteiger partial charge in [0.1, 0.15) is 17.9 Å². The second-order valence-electron chi connectivity index (χ2n) is 7.05. The average Bonchev–Trinajstić information content (AvgIpc) is 3.46. The van der Waals surface area contributed by atoms with E-state index in [9.17, 15) is 19.5 Å². The molecule has 3 heterocycles. The number of nitrogens with zero attached hydrogens (tertiary/aromatic N) is 3. The second kappa shape index (κ2) is 8.48. The van der Waals surface area contributed by atoms with Gasteiger partial charge in [-0.3, -0.25) is 9.69 Å². The smallest absolute Gasteiger partial charge is 0.432 e. The van der Waals surface area contributed by atoms with Crippen molar-refractivity contribution in [3.05, 3.63) is 41.7 Å². The van der Waals surface area contributed by atoms with Crippen LogP contribution in [0.5, 0.6) is 5.75 Å². The van der Waals surface area contributed by atoms with Crippen LogP contribution >= 0.6 is 0 Å². The molecule has 0 radical (unpaired) electrons. The van der Waals surface area contributed by atoms with Crippen LogP contribution in [0.15, 0.2) is 34.7 Å². The topological polar surface area (TPSA) is 147 Å². The number of carboxylic acids is 1. The van der Waals surface area contributed by atoms with Crippen LogP contribution in [-0.4, -0.2) is 69.1 Å². The summed E-state index contributed by atoms with van der Waals surface area (Å²) in [6, 6.07) is 7.50. The van der Waals surface area contributed by atoms with Crippen LogP contribution in [0.2, 0.25) is 0 Å². The highest BCUT2D eigenvalue weighted by molar-refractivity contribution is 6.08. The van der Waals surface area contributed by atoms with E-state index >= 15 is 0 Å². The molecule has 162 valence electrons. The van der Waals surface area contributed by atoms with Crippen LogP contribution in [-0.2, 0) is 0 Å². The normalized spacial score (nSPS) is 14.1. The van der Waals surface area contributed by atoms with Crippen molar-refractivity contribution in [2.45, 2.75) is 12.8 Å². The number of carboxylic acid groups (broad SMARTS) is 2. The Balaban J connectivity index is 1.44. The molecule has 0 atom stereocenters. The molecule has 1 aliphatic heterocycles. The second-order valence-corrected chi connectivity index (χ2v) is 7.05. The largest absolute Gasteiger partial charge is 0.492 e. The zero-order valence-electron chi connectivity index (χ0n) is 16.4. The molecule has 3 N–H and O–H groups in total. The SMILES string of the molecule is O=C(Nc1nn(C(=O)O)c2cc(C(=O)O)oc12)c1ccc(OCCN2CCCC2)cc1. The van der Waals surface area contributed by atoms with E-state index < -0.39 is 23.7 Å². The minimum absolute atomic E-state index is 0.0815. The monoisotopic (exact) mass is 428 g/mol. The number of hydrogen-bond acceptors (Lipinski definition) is 7. The molecule has 3 aromatic rings. The first-order chi connectivity index (χ1) is 14.9. The van der Waals surface area contributed by atoms with E-state index in [1.807, 2.05) is 0 Å². The molecule has 1 fully saturated rings. The maximum absolute atomic E-state index is 12.6. The number of fused-ring (bicyclic) bond motifs is 1. The molecule has 0 spiro atoms. The summed E-state index contributed by atoms with van der Waals surface area (Å²) >= 11 is 0. The summed E-state index contributed by atoms with van der Waals surface area (Å²) in [5.74, 6) is -1.96. The highest BCUT2D eigenvalue weighted by Gasteiger charge is 2.24. The summed E-state index contributed by atoms with van der Waals surface area (Å²) in [6.45, 7) is 3.60. The molecule has 4 rings (SSSR count). The standard InChI is InChI=1S/C20H20N4O7/c25-18(12-3-5-13(6-4-12)30-10-9-23-7-1-2-8-23)21-17-16-14(24(22-17)20(28)29)11-15(31-16)19(26)27/h3-6,11H,1-2,7-10H2,(H,26,27)(H,28,29)(H,21,22,25). The van der Waals surface area contributed by atoms with Gasteiger partial charge in [0.15, 0.2) is 11.4 Å². The zero-order chi connectivity index (χ0) is 22.0. The van der Waals surface area contributed by atoms with Crippen LogP contribution in [0, 0.1) is 0 Å². The number of amides is 1. The number of aromatic nitrogens is 2. The summed E-state index contributed by atoms with van der Waals surface area (Å²) in [6.07, 6.45) is 0.992. The fraction of sp³-hybridized carbons (Fsp3) is 0.300. The fourth-order valence-corrected chi connectivity index (χ4v) is 3.42. The zero-order valence-corrected chi connectivity index (χ0v) is 16.4. The molecule has 31 heavy (non-hydrogen) atoms. The summed E-state index contributed by atoms with van der Waals surface area (Å²) in [5, 5.41) is 24.5. The predicted octanol–water partition coefficient (Wildman–Crippen LogP) is 2.58. The fourth-order valence-electron chi connectivity index (χ4n) is 3.42. The number of hydrogen-bond donors (Lipinski definition) is 3. The van der Waals surface area contributed by atoms with Gasteiger partial charge in [0.05, 0.1) is 0 Å². The Morgan fingerprint density at radius 2 is 1.84 bits per heavy atom. The molecule has 0 aliphatic carbocycles. The first-order valence-electron chi connectivity index (χ1n) is 9.68. The Morgan fingerprint density at radius 3 is 2.48 bits per heavy atom.